The lowest BCUT2D eigenvalue weighted by Gasteiger charge is -2.43. The van der Waals surface area contributed by atoms with Crippen molar-refractivity contribution in [2.24, 2.45) is 5.41 Å². The molecule has 2 atom stereocenters. The zero-order valence-corrected chi connectivity index (χ0v) is 12.1. The highest BCUT2D eigenvalue weighted by atomic mass is 32.2. The highest BCUT2D eigenvalue weighted by Crippen LogP contribution is 2.43. The third kappa shape index (κ3) is 2.71. The lowest BCUT2D eigenvalue weighted by Crippen LogP contribution is -2.49. The molecule has 17 heavy (non-hydrogen) atoms. The third-order valence-electron chi connectivity index (χ3n) is 3.92. The van der Waals surface area contributed by atoms with E-state index in [1.54, 1.807) is 6.26 Å². The molecule has 0 aliphatic heterocycles. The normalized spacial score (nSPS) is 28.2. The van der Waals surface area contributed by atoms with Crippen molar-refractivity contribution in [1.29, 1.82) is 0 Å². The smallest absolute Gasteiger partial charge is 0.114 e. The Morgan fingerprint density at radius 1 is 1.47 bits per heavy atom. The standard InChI is InChI=1S/C14H23NOS/c1-10-11(7-9-16-10)17-12-6-5-8-14(2,3)13(12)15-4/h7,9,12-13,15H,5-6,8H2,1-4H3. The van der Waals surface area contributed by atoms with Gasteiger partial charge in [-0.2, -0.15) is 0 Å². The van der Waals surface area contributed by atoms with Gasteiger partial charge in [-0.3, -0.25) is 0 Å². The largest absolute Gasteiger partial charge is 0.468 e. The second-order valence-corrected chi connectivity index (χ2v) is 6.93. The fourth-order valence-corrected chi connectivity index (χ4v) is 4.55. The average Bonchev–Trinajstić information content (AvgIpc) is 2.64. The van der Waals surface area contributed by atoms with Crippen LogP contribution in [0, 0.1) is 12.3 Å². The summed E-state index contributed by atoms with van der Waals surface area (Å²) in [5.41, 5.74) is 0.391. The lowest BCUT2D eigenvalue weighted by molar-refractivity contribution is 0.182. The first-order valence-electron chi connectivity index (χ1n) is 6.42. The molecule has 1 fully saturated rings. The van der Waals surface area contributed by atoms with Gasteiger partial charge in [0.15, 0.2) is 0 Å². The predicted octanol–water partition coefficient (Wildman–Crippen LogP) is 3.85. The fraction of sp³-hybridized carbons (Fsp3) is 0.714. The van der Waals surface area contributed by atoms with Gasteiger partial charge in [0.25, 0.3) is 0 Å². The van der Waals surface area contributed by atoms with Crippen LogP contribution < -0.4 is 5.32 Å². The minimum absolute atomic E-state index is 0.391. The summed E-state index contributed by atoms with van der Waals surface area (Å²) < 4.78 is 5.39. The van der Waals surface area contributed by atoms with Crippen molar-refractivity contribution in [3.8, 4) is 0 Å². The molecule has 1 aromatic heterocycles. The Labute approximate surface area is 109 Å². The Kier molecular flexibility index (Phi) is 3.88. The predicted molar refractivity (Wildman–Crippen MR) is 73.6 cm³/mol. The summed E-state index contributed by atoms with van der Waals surface area (Å²) in [5.74, 6) is 1.05. The molecule has 0 amide bonds. The first kappa shape index (κ1) is 13.0. The van der Waals surface area contributed by atoms with Gasteiger partial charge in [-0.05, 0) is 38.3 Å². The van der Waals surface area contributed by atoms with Gasteiger partial charge in [0.1, 0.15) is 5.76 Å². The molecule has 0 bridgehead atoms. The first-order valence-corrected chi connectivity index (χ1v) is 7.30. The number of hydrogen-bond donors (Lipinski definition) is 1. The Bertz CT molecular complexity index is 372. The number of hydrogen-bond acceptors (Lipinski definition) is 3. The second-order valence-electron chi connectivity index (χ2n) is 5.64. The van der Waals surface area contributed by atoms with Crippen molar-refractivity contribution in [2.75, 3.05) is 7.05 Å². The van der Waals surface area contributed by atoms with Crippen molar-refractivity contribution >= 4 is 11.8 Å². The van der Waals surface area contributed by atoms with Crippen LogP contribution >= 0.6 is 11.8 Å². The van der Waals surface area contributed by atoms with Crippen LogP contribution in [0.25, 0.3) is 0 Å². The molecule has 1 aliphatic rings. The van der Waals surface area contributed by atoms with Crippen LogP contribution in [-0.4, -0.2) is 18.3 Å². The van der Waals surface area contributed by atoms with E-state index in [1.165, 1.54) is 24.2 Å². The molecule has 0 radical (unpaired) electrons. The molecule has 1 saturated carbocycles. The van der Waals surface area contributed by atoms with Gasteiger partial charge < -0.3 is 9.73 Å². The van der Waals surface area contributed by atoms with Gasteiger partial charge in [0.05, 0.1) is 6.26 Å². The molecular weight excluding hydrogens is 230 g/mol. The molecule has 1 aromatic rings. The van der Waals surface area contributed by atoms with E-state index < -0.39 is 0 Å². The Morgan fingerprint density at radius 2 is 2.24 bits per heavy atom. The van der Waals surface area contributed by atoms with E-state index in [4.69, 9.17) is 4.42 Å². The van der Waals surface area contributed by atoms with Gasteiger partial charge in [0.2, 0.25) is 0 Å². The van der Waals surface area contributed by atoms with E-state index in [9.17, 15) is 0 Å². The molecule has 0 saturated heterocycles. The monoisotopic (exact) mass is 253 g/mol. The highest BCUT2D eigenvalue weighted by Gasteiger charge is 2.38. The van der Waals surface area contributed by atoms with Crippen molar-refractivity contribution in [3.05, 3.63) is 18.1 Å². The van der Waals surface area contributed by atoms with Gasteiger partial charge >= 0.3 is 0 Å². The lowest BCUT2D eigenvalue weighted by atomic mass is 9.73. The summed E-state index contributed by atoms with van der Waals surface area (Å²) >= 11 is 1.98. The van der Waals surface area contributed by atoms with Crippen molar-refractivity contribution in [3.63, 3.8) is 0 Å². The van der Waals surface area contributed by atoms with E-state index in [0.29, 0.717) is 16.7 Å². The SMILES string of the molecule is CNC1C(Sc2ccoc2C)CCCC1(C)C. The second kappa shape index (κ2) is 5.07. The Hall–Kier alpha value is -0.410. The van der Waals surface area contributed by atoms with Crippen LogP contribution in [0.15, 0.2) is 21.6 Å². The number of nitrogens with one attached hydrogen (secondary N) is 1. The van der Waals surface area contributed by atoms with Crippen LogP contribution in [0.4, 0.5) is 0 Å². The molecule has 1 aliphatic carbocycles. The van der Waals surface area contributed by atoms with E-state index in [-0.39, 0.29) is 0 Å². The van der Waals surface area contributed by atoms with Crippen molar-refractivity contribution in [1.82, 2.24) is 5.32 Å². The third-order valence-corrected chi connectivity index (χ3v) is 5.41. The van der Waals surface area contributed by atoms with E-state index in [0.717, 1.165) is 5.76 Å². The summed E-state index contributed by atoms with van der Waals surface area (Å²) in [4.78, 5) is 1.30. The zero-order valence-electron chi connectivity index (χ0n) is 11.2. The molecule has 2 unspecified atom stereocenters. The summed E-state index contributed by atoms with van der Waals surface area (Å²) in [6, 6.07) is 2.67. The maximum atomic E-state index is 5.39. The number of aryl methyl sites for hydroxylation is 1. The van der Waals surface area contributed by atoms with Crippen LogP contribution in [0.2, 0.25) is 0 Å². The molecular formula is C14H23NOS. The van der Waals surface area contributed by atoms with E-state index >= 15 is 0 Å². The number of furan rings is 1. The minimum atomic E-state index is 0.391. The fourth-order valence-electron chi connectivity index (χ4n) is 2.95. The topological polar surface area (TPSA) is 25.2 Å². The first-order chi connectivity index (χ1) is 8.04. The van der Waals surface area contributed by atoms with Crippen molar-refractivity contribution in [2.45, 2.75) is 56.2 Å². The summed E-state index contributed by atoms with van der Waals surface area (Å²) in [6.07, 6.45) is 5.74. The van der Waals surface area contributed by atoms with Gasteiger partial charge in [0, 0.05) is 16.2 Å². The van der Waals surface area contributed by atoms with Gasteiger partial charge in [-0.25, -0.2) is 0 Å². The molecule has 1 heterocycles. The van der Waals surface area contributed by atoms with Crippen LogP contribution in [0.5, 0.6) is 0 Å². The van der Waals surface area contributed by atoms with E-state index in [2.05, 4.69) is 32.3 Å². The number of rotatable bonds is 3. The van der Waals surface area contributed by atoms with Gasteiger partial charge in [-0.1, -0.05) is 20.3 Å². The average molecular weight is 253 g/mol. The molecule has 0 spiro atoms. The summed E-state index contributed by atoms with van der Waals surface area (Å²) in [7, 11) is 2.09. The van der Waals surface area contributed by atoms with Crippen molar-refractivity contribution < 1.29 is 4.42 Å². The maximum Gasteiger partial charge on any atom is 0.114 e. The van der Waals surface area contributed by atoms with Gasteiger partial charge in [-0.15, -0.1) is 11.8 Å². The zero-order chi connectivity index (χ0) is 12.5. The molecule has 0 aromatic carbocycles. The summed E-state index contributed by atoms with van der Waals surface area (Å²) in [5, 5.41) is 4.18. The maximum absolute atomic E-state index is 5.39. The van der Waals surface area contributed by atoms with Crippen LogP contribution in [0.1, 0.15) is 38.9 Å². The molecule has 2 nitrogen and oxygen atoms in total. The quantitative estimate of drug-likeness (QED) is 0.886. The van der Waals surface area contributed by atoms with E-state index in [1.807, 2.05) is 18.7 Å². The Morgan fingerprint density at radius 3 is 2.82 bits per heavy atom. The number of thioether (sulfide) groups is 1. The Balaban J connectivity index is 2.12. The summed E-state index contributed by atoms with van der Waals surface area (Å²) in [6.45, 7) is 6.80. The van der Waals surface area contributed by atoms with Crippen LogP contribution in [0.3, 0.4) is 0 Å². The highest BCUT2D eigenvalue weighted by molar-refractivity contribution is 8.00. The molecule has 3 heteroatoms. The minimum Gasteiger partial charge on any atom is -0.468 e. The molecule has 2 rings (SSSR count). The van der Waals surface area contributed by atoms with Crippen LogP contribution in [-0.2, 0) is 0 Å². The molecule has 1 N–H and O–H groups in total. The molecule has 96 valence electrons.